The Hall–Kier alpha value is -3.76. The summed E-state index contributed by atoms with van der Waals surface area (Å²) in [5.41, 5.74) is 3.08. The predicted molar refractivity (Wildman–Crippen MR) is 136 cm³/mol. The molecule has 3 aromatic heterocycles. The van der Waals surface area contributed by atoms with Crippen molar-refractivity contribution < 1.29 is 14.3 Å². The molecule has 0 spiro atoms. The molecule has 4 rings (SSSR count). The van der Waals surface area contributed by atoms with Gasteiger partial charge < -0.3 is 10.1 Å². The Labute approximate surface area is 207 Å². The van der Waals surface area contributed by atoms with Gasteiger partial charge in [0, 0.05) is 36.6 Å². The van der Waals surface area contributed by atoms with Crippen molar-refractivity contribution in [2.45, 2.75) is 26.4 Å². The summed E-state index contributed by atoms with van der Waals surface area (Å²) in [6.07, 6.45) is 5.14. The maximum Gasteiger partial charge on any atom is 0.321 e. The lowest BCUT2D eigenvalue weighted by molar-refractivity contribution is -0.158. The molecule has 3 heterocycles. The zero-order valence-electron chi connectivity index (χ0n) is 20.2. The van der Waals surface area contributed by atoms with Gasteiger partial charge >= 0.3 is 5.97 Å². The van der Waals surface area contributed by atoms with Crippen molar-refractivity contribution in [1.82, 2.24) is 24.8 Å². The molecule has 0 fully saturated rings. The number of fused-ring (bicyclic) bond motifs is 1. The summed E-state index contributed by atoms with van der Waals surface area (Å²) in [7, 11) is 3.61. The minimum atomic E-state index is -0.975. The molecule has 0 radical (unpaired) electrons. The third-order valence-corrected chi connectivity index (χ3v) is 6.07. The Balaban J connectivity index is 1.71. The van der Waals surface area contributed by atoms with E-state index in [0.29, 0.717) is 11.0 Å². The molecule has 180 valence electrons. The van der Waals surface area contributed by atoms with Gasteiger partial charge in [0.2, 0.25) is 5.91 Å². The standard InChI is InChI=1S/C25H26N6O3S/c1-15(32)29-24-30-20-11-16(10-18(22(20)35-24)19-8-6-7-9-26-19)17-12-27-23(28-13-17)25(2,3)34-21(33)14-31(4)5/h6-13H,14H2,1-5H3,(H,29,30,32). The van der Waals surface area contributed by atoms with Gasteiger partial charge in [-0.3, -0.25) is 19.5 Å². The van der Waals surface area contributed by atoms with E-state index in [9.17, 15) is 9.59 Å². The number of carbonyl (C=O) groups excluding carboxylic acids is 2. The largest absolute Gasteiger partial charge is 0.450 e. The highest BCUT2D eigenvalue weighted by Gasteiger charge is 2.29. The number of thiazole rings is 1. The molecule has 0 aliphatic rings. The van der Waals surface area contributed by atoms with E-state index in [1.54, 1.807) is 51.4 Å². The van der Waals surface area contributed by atoms with Gasteiger partial charge in [-0.2, -0.15) is 0 Å². The van der Waals surface area contributed by atoms with Crippen molar-refractivity contribution in [1.29, 1.82) is 0 Å². The molecule has 4 aromatic rings. The molecule has 1 amide bonds. The van der Waals surface area contributed by atoms with Gasteiger partial charge in [0.25, 0.3) is 0 Å². The fraction of sp³-hybridized carbons (Fsp3) is 0.280. The van der Waals surface area contributed by atoms with Crippen molar-refractivity contribution in [3.63, 3.8) is 0 Å². The number of pyridine rings is 1. The second-order valence-electron chi connectivity index (χ2n) is 8.80. The van der Waals surface area contributed by atoms with Crippen LogP contribution in [0, 0.1) is 0 Å². The molecule has 10 heteroatoms. The SMILES string of the molecule is CC(=O)Nc1nc2cc(-c3cnc(C(C)(C)OC(=O)CN(C)C)nc3)cc(-c3ccccn3)c2s1. The Morgan fingerprint density at radius 1 is 1.09 bits per heavy atom. The third kappa shape index (κ3) is 5.67. The van der Waals surface area contributed by atoms with E-state index in [0.717, 1.165) is 32.6 Å². The zero-order chi connectivity index (χ0) is 25.2. The number of benzene rings is 1. The van der Waals surface area contributed by atoms with Crippen LogP contribution in [0.15, 0.2) is 48.9 Å². The van der Waals surface area contributed by atoms with Gasteiger partial charge in [0.05, 0.1) is 22.5 Å². The highest BCUT2D eigenvalue weighted by atomic mass is 32.1. The number of carbonyl (C=O) groups is 2. The number of nitrogens with zero attached hydrogens (tertiary/aromatic N) is 5. The number of rotatable bonds is 7. The number of hydrogen-bond acceptors (Lipinski definition) is 9. The summed E-state index contributed by atoms with van der Waals surface area (Å²) < 4.78 is 6.51. The molecule has 0 aliphatic heterocycles. The second-order valence-corrected chi connectivity index (χ2v) is 9.80. The van der Waals surface area contributed by atoms with E-state index >= 15 is 0 Å². The van der Waals surface area contributed by atoms with Crippen molar-refractivity contribution >= 4 is 38.6 Å². The Kier molecular flexibility index (Phi) is 6.86. The average molecular weight is 491 g/mol. The van der Waals surface area contributed by atoms with E-state index in [1.165, 1.54) is 18.3 Å². The second kappa shape index (κ2) is 9.85. The normalized spacial score (nSPS) is 11.6. The van der Waals surface area contributed by atoms with Crippen LogP contribution in [0.4, 0.5) is 5.13 Å². The summed E-state index contributed by atoms with van der Waals surface area (Å²) in [4.78, 5) is 43.5. The summed E-state index contributed by atoms with van der Waals surface area (Å²) >= 11 is 1.40. The van der Waals surface area contributed by atoms with Gasteiger partial charge in [-0.25, -0.2) is 15.0 Å². The van der Waals surface area contributed by atoms with Crippen molar-refractivity contribution in [2.75, 3.05) is 26.0 Å². The Bertz CT molecular complexity index is 1370. The minimum absolute atomic E-state index is 0.173. The van der Waals surface area contributed by atoms with Gasteiger partial charge in [-0.05, 0) is 57.8 Å². The fourth-order valence-electron chi connectivity index (χ4n) is 3.52. The van der Waals surface area contributed by atoms with Gasteiger partial charge in [0.15, 0.2) is 16.6 Å². The summed E-state index contributed by atoms with van der Waals surface area (Å²) in [5, 5.41) is 3.29. The molecule has 1 aromatic carbocycles. The first kappa shape index (κ1) is 24.4. The monoisotopic (exact) mass is 490 g/mol. The molecule has 0 saturated heterocycles. The van der Waals surface area contributed by atoms with E-state index in [2.05, 4.69) is 25.3 Å². The molecule has 9 nitrogen and oxygen atoms in total. The van der Waals surface area contributed by atoms with E-state index < -0.39 is 5.60 Å². The van der Waals surface area contributed by atoms with Crippen LogP contribution in [0.25, 0.3) is 32.6 Å². The van der Waals surface area contributed by atoms with Crippen LogP contribution in [0.1, 0.15) is 26.6 Å². The lowest BCUT2D eigenvalue weighted by atomic mass is 10.0. The molecular formula is C25H26N6O3S. The fourth-order valence-corrected chi connectivity index (χ4v) is 4.54. The number of likely N-dealkylation sites (N-methyl/N-ethyl adjacent to an activating group) is 1. The molecule has 0 bridgehead atoms. The van der Waals surface area contributed by atoms with Crippen molar-refractivity contribution in [3.05, 3.63) is 54.7 Å². The van der Waals surface area contributed by atoms with Crippen LogP contribution < -0.4 is 5.32 Å². The van der Waals surface area contributed by atoms with Crippen LogP contribution >= 0.6 is 11.3 Å². The molecule has 0 aliphatic carbocycles. The van der Waals surface area contributed by atoms with Crippen molar-refractivity contribution in [2.24, 2.45) is 0 Å². The van der Waals surface area contributed by atoms with Crippen molar-refractivity contribution in [3.8, 4) is 22.4 Å². The number of nitrogens with one attached hydrogen (secondary N) is 1. The molecular weight excluding hydrogens is 464 g/mol. The van der Waals surface area contributed by atoms with Gasteiger partial charge in [-0.15, -0.1) is 0 Å². The number of hydrogen-bond donors (Lipinski definition) is 1. The van der Waals surface area contributed by atoms with Crippen LogP contribution in [0.2, 0.25) is 0 Å². The first-order valence-electron chi connectivity index (χ1n) is 11.0. The zero-order valence-corrected chi connectivity index (χ0v) is 21.0. The van der Waals surface area contributed by atoms with Crippen LogP contribution in [-0.4, -0.2) is 57.4 Å². The lowest BCUT2D eigenvalue weighted by Crippen LogP contribution is -2.32. The maximum atomic E-state index is 12.1. The Morgan fingerprint density at radius 2 is 1.83 bits per heavy atom. The van der Waals surface area contributed by atoms with E-state index in [-0.39, 0.29) is 18.4 Å². The lowest BCUT2D eigenvalue weighted by Gasteiger charge is -2.24. The Morgan fingerprint density at radius 3 is 2.46 bits per heavy atom. The van der Waals surface area contributed by atoms with Crippen LogP contribution in [0.3, 0.4) is 0 Å². The van der Waals surface area contributed by atoms with Crippen LogP contribution in [0.5, 0.6) is 0 Å². The topological polar surface area (TPSA) is 110 Å². The quantitative estimate of drug-likeness (QED) is 0.385. The van der Waals surface area contributed by atoms with E-state index in [4.69, 9.17) is 4.74 Å². The first-order valence-corrected chi connectivity index (χ1v) is 11.8. The minimum Gasteiger partial charge on any atom is -0.450 e. The number of aromatic nitrogens is 4. The predicted octanol–water partition coefficient (Wildman–Crippen LogP) is 4.11. The number of amides is 1. The van der Waals surface area contributed by atoms with E-state index in [1.807, 2.05) is 30.3 Å². The average Bonchev–Trinajstić information content (AvgIpc) is 3.19. The van der Waals surface area contributed by atoms with Crippen LogP contribution in [-0.2, 0) is 19.9 Å². The van der Waals surface area contributed by atoms with Gasteiger partial charge in [-0.1, -0.05) is 17.4 Å². The molecule has 1 N–H and O–H groups in total. The molecule has 0 unspecified atom stereocenters. The third-order valence-electron chi connectivity index (χ3n) is 5.05. The highest BCUT2D eigenvalue weighted by Crippen LogP contribution is 2.38. The summed E-state index contributed by atoms with van der Waals surface area (Å²) in [5.74, 6) is -0.126. The molecule has 35 heavy (non-hydrogen) atoms. The molecule has 0 saturated carbocycles. The first-order chi connectivity index (χ1) is 16.6. The number of ether oxygens (including phenoxy) is 1. The molecule has 0 atom stereocenters. The maximum absolute atomic E-state index is 12.1. The highest BCUT2D eigenvalue weighted by molar-refractivity contribution is 7.22. The summed E-state index contributed by atoms with van der Waals surface area (Å²) in [6.45, 7) is 5.15. The number of anilines is 1. The number of esters is 1. The summed E-state index contributed by atoms with van der Waals surface area (Å²) in [6, 6.07) is 9.67. The smallest absolute Gasteiger partial charge is 0.321 e. The van der Waals surface area contributed by atoms with Gasteiger partial charge in [0.1, 0.15) is 0 Å².